The molecule has 0 radical (unpaired) electrons. The number of ether oxygens (including phenoxy) is 1. The van der Waals surface area contributed by atoms with Crippen LogP contribution < -0.4 is 4.74 Å². The molecule has 1 saturated carbocycles. The van der Waals surface area contributed by atoms with Gasteiger partial charge in [0.25, 0.3) is 0 Å². The van der Waals surface area contributed by atoms with Crippen LogP contribution in [0.1, 0.15) is 32.5 Å². The first-order chi connectivity index (χ1) is 9.59. The van der Waals surface area contributed by atoms with Crippen molar-refractivity contribution in [1.82, 2.24) is 9.55 Å². The lowest BCUT2D eigenvalue weighted by atomic mass is 9.97. The number of aryl methyl sites for hydroxylation is 1. The molecule has 0 unspecified atom stereocenters. The van der Waals surface area contributed by atoms with E-state index in [4.69, 9.17) is 21.3 Å². The summed E-state index contributed by atoms with van der Waals surface area (Å²) >= 11 is 5.97. The highest BCUT2D eigenvalue weighted by molar-refractivity contribution is 6.17. The summed E-state index contributed by atoms with van der Waals surface area (Å²) in [6.45, 7) is 4.62. The van der Waals surface area contributed by atoms with E-state index in [-0.39, 0.29) is 5.54 Å². The summed E-state index contributed by atoms with van der Waals surface area (Å²) in [6, 6.07) is 6.13. The van der Waals surface area contributed by atoms with E-state index in [0.717, 1.165) is 34.9 Å². The van der Waals surface area contributed by atoms with Crippen LogP contribution in [0.4, 0.5) is 0 Å². The van der Waals surface area contributed by atoms with E-state index in [1.807, 2.05) is 12.1 Å². The highest BCUT2D eigenvalue weighted by Crippen LogP contribution is 2.46. The van der Waals surface area contributed by atoms with Crippen molar-refractivity contribution < 1.29 is 4.74 Å². The van der Waals surface area contributed by atoms with Crippen molar-refractivity contribution in [2.75, 3.05) is 13.0 Å². The molecule has 1 aromatic carbocycles. The zero-order valence-electron chi connectivity index (χ0n) is 12.3. The van der Waals surface area contributed by atoms with Crippen LogP contribution in [0.25, 0.3) is 11.0 Å². The third-order valence-corrected chi connectivity index (χ3v) is 4.60. The largest absolute Gasteiger partial charge is 0.494 e. The Morgan fingerprint density at radius 3 is 2.75 bits per heavy atom. The number of methoxy groups -OCH3 is 1. The lowest BCUT2D eigenvalue weighted by Crippen LogP contribution is -2.30. The molecule has 0 N–H and O–H groups in total. The average Bonchev–Trinajstić information content (AvgIpc) is 3.20. The van der Waals surface area contributed by atoms with Crippen LogP contribution in [-0.4, -0.2) is 22.5 Å². The van der Waals surface area contributed by atoms with E-state index in [9.17, 15) is 0 Å². The van der Waals surface area contributed by atoms with Gasteiger partial charge < -0.3 is 9.30 Å². The van der Waals surface area contributed by atoms with Crippen LogP contribution in [0.15, 0.2) is 18.2 Å². The van der Waals surface area contributed by atoms with Crippen molar-refractivity contribution in [2.24, 2.45) is 5.92 Å². The van der Waals surface area contributed by atoms with Crippen LogP contribution in [0.5, 0.6) is 5.75 Å². The van der Waals surface area contributed by atoms with Crippen molar-refractivity contribution in [2.45, 2.75) is 38.6 Å². The molecule has 108 valence electrons. The third-order valence-electron chi connectivity index (χ3n) is 4.41. The van der Waals surface area contributed by atoms with E-state index in [0.29, 0.717) is 5.88 Å². The number of rotatable bonds is 5. The second-order valence-corrected chi connectivity index (χ2v) is 6.44. The van der Waals surface area contributed by atoms with E-state index < -0.39 is 0 Å². The quantitative estimate of drug-likeness (QED) is 0.780. The summed E-state index contributed by atoms with van der Waals surface area (Å²) in [5.41, 5.74) is 2.19. The number of aromatic nitrogens is 2. The van der Waals surface area contributed by atoms with Gasteiger partial charge in [-0.15, -0.1) is 11.6 Å². The maximum Gasteiger partial charge on any atom is 0.146 e. The Kier molecular flexibility index (Phi) is 3.41. The van der Waals surface area contributed by atoms with Gasteiger partial charge in [0.1, 0.15) is 17.1 Å². The molecule has 3 nitrogen and oxygen atoms in total. The Hall–Kier alpha value is -1.22. The van der Waals surface area contributed by atoms with Gasteiger partial charge in [-0.1, -0.05) is 6.07 Å². The van der Waals surface area contributed by atoms with E-state index in [2.05, 4.69) is 24.5 Å². The monoisotopic (exact) mass is 292 g/mol. The molecule has 0 bridgehead atoms. The van der Waals surface area contributed by atoms with Gasteiger partial charge in [-0.2, -0.15) is 0 Å². The minimum Gasteiger partial charge on any atom is -0.494 e. The number of imidazole rings is 1. The number of nitrogens with zero attached hydrogens (tertiary/aromatic N) is 2. The van der Waals surface area contributed by atoms with E-state index >= 15 is 0 Å². The van der Waals surface area contributed by atoms with E-state index in [1.54, 1.807) is 7.11 Å². The van der Waals surface area contributed by atoms with Gasteiger partial charge in [0.15, 0.2) is 0 Å². The molecular weight excluding hydrogens is 272 g/mol. The minimum atomic E-state index is 0.0858. The topological polar surface area (TPSA) is 27.1 Å². The molecule has 3 rings (SSSR count). The Balaban J connectivity index is 2.24. The van der Waals surface area contributed by atoms with Crippen molar-refractivity contribution in [3.63, 3.8) is 0 Å². The normalized spacial score (nSPS) is 15.8. The average molecular weight is 293 g/mol. The molecule has 0 aliphatic heterocycles. The Morgan fingerprint density at radius 1 is 1.40 bits per heavy atom. The SMILES string of the molecule is COc1cccc2c1nc(CCCl)n2C(C)(C)C1CC1. The standard InChI is InChI=1S/C16H21ClN2O/c1-16(2,11-7-8-11)19-12-5-4-6-13(20-3)15(12)18-14(19)9-10-17/h4-6,11H,7-10H2,1-3H3. The van der Waals surface area contributed by atoms with Gasteiger partial charge in [-0.05, 0) is 44.7 Å². The smallest absolute Gasteiger partial charge is 0.146 e. The molecule has 1 aromatic heterocycles. The summed E-state index contributed by atoms with van der Waals surface area (Å²) in [5, 5.41) is 0. The van der Waals surface area contributed by atoms with Gasteiger partial charge in [0, 0.05) is 17.8 Å². The van der Waals surface area contributed by atoms with E-state index in [1.165, 1.54) is 12.8 Å². The zero-order valence-corrected chi connectivity index (χ0v) is 13.1. The summed E-state index contributed by atoms with van der Waals surface area (Å²) < 4.78 is 7.83. The van der Waals surface area contributed by atoms with Gasteiger partial charge in [-0.25, -0.2) is 4.98 Å². The highest BCUT2D eigenvalue weighted by Gasteiger charge is 2.41. The van der Waals surface area contributed by atoms with Crippen LogP contribution in [0.2, 0.25) is 0 Å². The first kappa shape index (κ1) is 13.7. The molecule has 0 saturated heterocycles. The number of benzene rings is 1. The number of halogens is 1. The number of para-hydroxylation sites is 1. The fourth-order valence-electron chi connectivity index (χ4n) is 3.15. The van der Waals surface area contributed by atoms with Crippen molar-refractivity contribution >= 4 is 22.6 Å². The molecule has 2 aromatic rings. The van der Waals surface area contributed by atoms with Crippen molar-refractivity contribution in [3.8, 4) is 5.75 Å². The molecule has 20 heavy (non-hydrogen) atoms. The maximum absolute atomic E-state index is 5.97. The molecule has 0 spiro atoms. The fourth-order valence-corrected chi connectivity index (χ4v) is 3.32. The summed E-state index contributed by atoms with van der Waals surface area (Å²) in [7, 11) is 1.70. The second kappa shape index (κ2) is 4.96. The zero-order chi connectivity index (χ0) is 14.3. The molecule has 1 aliphatic carbocycles. The predicted octanol–water partition coefficient (Wildman–Crippen LogP) is 3.97. The molecule has 0 amide bonds. The van der Waals surface area contributed by atoms with Crippen molar-refractivity contribution in [1.29, 1.82) is 0 Å². The predicted molar refractivity (Wildman–Crippen MR) is 82.8 cm³/mol. The van der Waals surface area contributed by atoms with Gasteiger partial charge in [0.2, 0.25) is 0 Å². The highest BCUT2D eigenvalue weighted by atomic mass is 35.5. The minimum absolute atomic E-state index is 0.0858. The van der Waals surface area contributed by atoms with Crippen LogP contribution in [0, 0.1) is 5.92 Å². The van der Waals surface area contributed by atoms with Crippen molar-refractivity contribution in [3.05, 3.63) is 24.0 Å². The third kappa shape index (κ3) is 2.08. The Labute approximate surface area is 124 Å². The number of hydrogen-bond acceptors (Lipinski definition) is 2. The summed E-state index contributed by atoms with van der Waals surface area (Å²) in [4.78, 5) is 4.80. The fraction of sp³-hybridized carbons (Fsp3) is 0.562. The maximum atomic E-state index is 5.97. The molecular formula is C16H21ClN2O. The van der Waals surface area contributed by atoms with Gasteiger partial charge >= 0.3 is 0 Å². The molecule has 4 heteroatoms. The van der Waals surface area contributed by atoms with Crippen LogP contribution in [-0.2, 0) is 12.0 Å². The molecule has 1 fully saturated rings. The summed E-state index contributed by atoms with van der Waals surface area (Å²) in [5.74, 6) is 3.23. The first-order valence-electron chi connectivity index (χ1n) is 7.20. The number of fused-ring (bicyclic) bond motifs is 1. The van der Waals surface area contributed by atoms with Gasteiger partial charge in [0.05, 0.1) is 12.6 Å². The molecule has 1 aliphatic rings. The Bertz CT molecular complexity index is 629. The molecule has 1 heterocycles. The number of alkyl halides is 1. The molecule has 0 atom stereocenters. The second-order valence-electron chi connectivity index (χ2n) is 6.06. The lowest BCUT2D eigenvalue weighted by molar-refractivity contribution is 0.305. The Morgan fingerprint density at radius 2 is 2.15 bits per heavy atom. The number of hydrogen-bond donors (Lipinski definition) is 0. The lowest BCUT2D eigenvalue weighted by Gasteiger charge is -2.29. The van der Waals surface area contributed by atoms with Crippen LogP contribution in [0.3, 0.4) is 0 Å². The summed E-state index contributed by atoms with van der Waals surface area (Å²) in [6.07, 6.45) is 3.39. The van der Waals surface area contributed by atoms with Crippen LogP contribution >= 0.6 is 11.6 Å². The van der Waals surface area contributed by atoms with Gasteiger partial charge in [-0.3, -0.25) is 0 Å². The first-order valence-corrected chi connectivity index (χ1v) is 7.73.